The second-order valence-electron chi connectivity index (χ2n) is 5.62. The molecule has 1 unspecified atom stereocenters. The lowest BCUT2D eigenvalue weighted by Crippen LogP contribution is -2.48. The summed E-state index contributed by atoms with van der Waals surface area (Å²) in [6.45, 7) is 4.38. The van der Waals surface area contributed by atoms with Crippen molar-refractivity contribution in [1.29, 1.82) is 0 Å². The fourth-order valence-electron chi connectivity index (χ4n) is 2.09. The zero-order valence-electron chi connectivity index (χ0n) is 12.8. The number of rotatable bonds is 5. The molecule has 1 heterocycles. The third-order valence-corrected chi connectivity index (χ3v) is 6.85. The van der Waals surface area contributed by atoms with Gasteiger partial charge in [-0.25, -0.2) is 12.8 Å². The molecule has 1 saturated heterocycles. The molecule has 23 heavy (non-hydrogen) atoms. The number of amides is 1. The Morgan fingerprint density at radius 2 is 2.22 bits per heavy atom. The smallest absolute Gasteiger partial charge is 0.247 e. The molecule has 0 saturated carbocycles. The van der Waals surface area contributed by atoms with E-state index in [2.05, 4.69) is 21.2 Å². The third kappa shape index (κ3) is 4.26. The van der Waals surface area contributed by atoms with E-state index in [-0.39, 0.29) is 17.7 Å². The van der Waals surface area contributed by atoms with Crippen LogP contribution < -0.4 is 5.32 Å². The van der Waals surface area contributed by atoms with Gasteiger partial charge in [0.1, 0.15) is 16.8 Å². The Kier molecular flexibility index (Phi) is 6.10. The van der Waals surface area contributed by atoms with Crippen LogP contribution >= 0.6 is 27.7 Å². The van der Waals surface area contributed by atoms with E-state index in [1.54, 1.807) is 0 Å². The molecule has 1 fully saturated rings. The van der Waals surface area contributed by atoms with E-state index in [1.165, 1.54) is 23.9 Å². The third-order valence-electron chi connectivity index (χ3n) is 3.31. The minimum absolute atomic E-state index is 0.133. The molecule has 2 rings (SSSR count). The maximum Gasteiger partial charge on any atom is 0.247 e. The number of benzene rings is 1. The van der Waals surface area contributed by atoms with Gasteiger partial charge in [0.15, 0.2) is 0 Å². The molecule has 5 nitrogen and oxygen atoms in total. The minimum atomic E-state index is -4.08. The first kappa shape index (κ1) is 18.7. The van der Waals surface area contributed by atoms with Crippen LogP contribution in [-0.2, 0) is 14.8 Å². The van der Waals surface area contributed by atoms with E-state index in [1.807, 2.05) is 13.8 Å². The van der Waals surface area contributed by atoms with Crippen LogP contribution in [0.25, 0.3) is 0 Å². The van der Waals surface area contributed by atoms with Crippen molar-refractivity contribution in [1.82, 2.24) is 9.62 Å². The molecule has 1 aliphatic heterocycles. The highest BCUT2D eigenvalue weighted by Crippen LogP contribution is 2.30. The van der Waals surface area contributed by atoms with E-state index in [4.69, 9.17) is 0 Å². The van der Waals surface area contributed by atoms with E-state index < -0.39 is 26.8 Å². The predicted octanol–water partition coefficient (Wildman–Crippen LogP) is 2.42. The number of nitrogens with one attached hydrogen (secondary N) is 1. The van der Waals surface area contributed by atoms with Crippen molar-refractivity contribution in [3.05, 3.63) is 28.5 Å². The Balaban J connectivity index is 2.27. The van der Waals surface area contributed by atoms with Crippen molar-refractivity contribution in [3.63, 3.8) is 0 Å². The summed E-state index contributed by atoms with van der Waals surface area (Å²) in [5.74, 6) is -0.415. The monoisotopic (exact) mass is 424 g/mol. The van der Waals surface area contributed by atoms with Crippen molar-refractivity contribution in [2.75, 3.05) is 18.2 Å². The number of nitrogens with zero attached hydrogens (tertiary/aromatic N) is 1. The van der Waals surface area contributed by atoms with E-state index >= 15 is 0 Å². The van der Waals surface area contributed by atoms with Crippen LogP contribution in [0.4, 0.5) is 4.39 Å². The molecule has 128 valence electrons. The predicted molar refractivity (Wildman–Crippen MR) is 92.1 cm³/mol. The Bertz CT molecular complexity index is 697. The summed E-state index contributed by atoms with van der Waals surface area (Å²) < 4.78 is 41.0. The first-order valence-corrected chi connectivity index (χ1v) is 10.4. The Hall–Kier alpha value is -0.640. The highest BCUT2D eigenvalue weighted by molar-refractivity contribution is 9.10. The maximum atomic E-state index is 14.0. The fourth-order valence-corrected chi connectivity index (χ4v) is 5.85. The van der Waals surface area contributed by atoms with Gasteiger partial charge in [-0.05, 0) is 24.1 Å². The lowest BCUT2D eigenvalue weighted by atomic mass is 10.2. The first-order valence-electron chi connectivity index (χ1n) is 7.06. The molecular weight excluding hydrogens is 407 g/mol. The number of hydrogen-bond acceptors (Lipinski definition) is 4. The average Bonchev–Trinajstić information content (AvgIpc) is 2.97. The second kappa shape index (κ2) is 7.50. The zero-order chi connectivity index (χ0) is 17.2. The summed E-state index contributed by atoms with van der Waals surface area (Å²) in [6, 6.07) is 2.92. The van der Waals surface area contributed by atoms with Crippen LogP contribution in [-0.4, -0.2) is 42.8 Å². The van der Waals surface area contributed by atoms with Gasteiger partial charge in [-0.15, -0.1) is 11.8 Å². The number of thioether (sulfide) groups is 1. The molecule has 0 bridgehead atoms. The van der Waals surface area contributed by atoms with Crippen molar-refractivity contribution in [2.24, 2.45) is 5.92 Å². The van der Waals surface area contributed by atoms with Crippen LogP contribution in [0, 0.1) is 11.7 Å². The van der Waals surface area contributed by atoms with E-state index in [0.717, 1.165) is 10.4 Å². The average molecular weight is 425 g/mol. The van der Waals surface area contributed by atoms with Crippen LogP contribution in [0.5, 0.6) is 0 Å². The quantitative estimate of drug-likeness (QED) is 0.787. The number of carbonyl (C=O) groups is 1. The highest BCUT2D eigenvalue weighted by atomic mass is 79.9. The molecule has 1 N–H and O–H groups in total. The summed E-state index contributed by atoms with van der Waals surface area (Å²) in [7, 11) is -4.08. The van der Waals surface area contributed by atoms with Crippen LogP contribution in [0.1, 0.15) is 13.8 Å². The first-order chi connectivity index (χ1) is 10.7. The van der Waals surface area contributed by atoms with Gasteiger partial charge in [-0.3, -0.25) is 4.79 Å². The van der Waals surface area contributed by atoms with Gasteiger partial charge in [-0.2, -0.15) is 4.31 Å². The molecule has 1 aromatic rings. The van der Waals surface area contributed by atoms with Gasteiger partial charge in [0.2, 0.25) is 15.9 Å². The van der Waals surface area contributed by atoms with Crippen molar-refractivity contribution >= 4 is 43.6 Å². The Morgan fingerprint density at radius 3 is 2.87 bits per heavy atom. The number of carbonyl (C=O) groups excluding carboxylic acids is 1. The zero-order valence-corrected chi connectivity index (χ0v) is 16.0. The van der Waals surface area contributed by atoms with Gasteiger partial charge in [0.05, 0.1) is 5.88 Å². The van der Waals surface area contributed by atoms with Crippen molar-refractivity contribution in [3.8, 4) is 0 Å². The molecule has 9 heteroatoms. The normalized spacial score (nSPS) is 19.3. The molecule has 0 radical (unpaired) electrons. The largest absolute Gasteiger partial charge is 0.354 e. The van der Waals surface area contributed by atoms with Crippen molar-refractivity contribution < 1.29 is 17.6 Å². The second-order valence-corrected chi connectivity index (χ2v) is 9.40. The minimum Gasteiger partial charge on any atom is -0.354 e. The molecule has 0 aromatic heterocycles. The maximum absolute atomic E-state index is 14.0. The molecular formula is C14H18BrFN2O3S2. The van der Waals surface area contributed by atoms with Crippen LogP contribution in [0.15, 0.2) is 27.6 Å². The van der Waals surface area contributed by atoms with Crippen LogP contribution in [0.2, 0.25) is 0 Å². The van der Waals surface area contributed by atoms with Gasteiger partial charge < -0.3 is 5.32 Å². The molecule has 1 amide bonds. The Labute approximate surface area is 148 Å². The SMILES string of the molecule is CC(C)CNC(=O)C1CSCN1S(=O)(=O)c1cc(Br)ccc1F. The lowest BCUT2D eigenvalue weighted by molar-refractivity contribution is -0.123. The lowest BCUT2D eigenvalue weighted by Gasteiger charge is -2.23. The topological polar surface area (TPSA) is 66.5 Å². The van der Waals surface area contributed by atoms with Gasteiger partial charge in [0.25, 0.3) is 0 Å². The summed E-state index contributed by atoms with van der Waals surface area (Å²) >= 11 is 4.48. The van der Waals surface area contributed by atoms with Gasteiger partial charge in [-0.1, -0.05) is 29.8 Å². The number of halogens is 2. The molecule has 0 spiro atoms. The summed E-state index contributed by atoms with van der Waals surface area (Å²) in [5.41, 5.74) is 0. The Morgan fingerprint density at radius 1 is 1.52 bits per heavy atom. The molecule has 1 atom stereocenters. The molecule has 0 aliphatic carbocycles. The summed E-state index contributed by atoms with van der Waals surface area (Å²) in [5, 5.41) is 2.74. The van der Waals surface area contributed by atoms with Crippen molar-refractivity contribution in [2.45, 2.75) is 24.8 Å². The highest BCUT2D eigenvalue weighted by Gasteiger charge is 2.41. The summed E-state index contributed by atoms with van der Waals surface area (Å²) in [4.78, 5) is 11.8. The number of sulfonamides is 1. The van der Waals surface area contributed by atoms with Gasteiger partial charge in [0, 0.05) is 16.8 Å². The van der Waals surface area contributed by atoms with E-state index in [9.17, 15) is 17.6 Å². The molecule has 1 aromatic carbocycles. The summed E-state index contributed by atoms with van der Waals surface area (Å²) in [6.07, 6.45) is 0. The fraction of sp³-hybridized carbons (Fsp3) is 0.500. The standard InChI is InChI=1S/C14H18BrFN2O3S2/c1-9(2)6-17-14(19)12-7-22-8-18(12)23(20,21)13-5-10(15)3-4-11(13)16/h3-5,9,12H,6-8H2,1-2H3,(H,17,19). The van der Waals surface area contributed by atoms with Gasteiger partial charge >= 0.3 is 0 Å². The van der Waals surface area contributed by atoms with E-state index in [0.29, 0.717) is 16.8 Å². The van der Waals surface area contributed by atoms with Crippen LogP contribution in [0.3, 0.4) is 0 Å². The number of hydrogen-bond donors (Lipinski definition) is 1. The molecule has 1 aliphatic rings.